The molecular weight excluding hydrogens is 188 g/mol. The van der Waals surface area contributed by atoms with Crippen molar-refractivity contribution in [1.29, 1.82) is 5.26 Å². The van der Waals surface area contributed by atoms with Gasteiger partial charge in [-0.15, -0.1) is 0 Å². The second kappa shape index (κ2) is 3.63. The van der Waals surface area contributed by atoms with Crippen LogP contribution in [0.4, 0.5) is 0 Å². The molecule has 0 saturated carbocycles. The average molecular weight is 197 g/mol. The second-order valence-electron chi connectivity index (χ2n) is 2.95. The molecule has 1 heterocycles. The fraction of sp³-hybridized carbons (Fsp3) is 0.333. The standard InChI is InChI=1S/C9H9ClN2O/c1-9(2,10)13-8-3-4-12-7(5-8)6-11/h3-5H,1-2H3. The summed E-state index contributed by atoms with van der Waals surface area (Å²) in [7, 11) is 0. The van der Waals surface area contributed by atoms with E-state index in [1.165, 1.54) is 6.20 Å². The highest BCUT2D eigenvalue weighted by Crippen LogP contribution is 2.20. The van der Waals surface area contributed by atoms with Gasteiger partial charge in [0.1, 0.15) is 17.5 Å². The molecule has 68 valence electrons. The number of alkyl halides is 1. The van der Waals surface area contributed by atoms with Gasteiger partial charge in [0, 0.05) is 12.3 Å². The summed E-state index contributed by atoms with van der Waals surface area (Å²) in [5.41, 5.74) is 0.318. The molecule has 1 aromatic heterocycles. The molecule has 0 amide bonds. The Morgan fingerprint density at radius 1 is 1.62 bits per heavy atom. The molecule has 1 rings (SSSR count). The predicted octanol–water partition coefficient (Wildman–Crippen LogP) is 2.31. The molecule has 0 aromatic carbocycles. The minimum absolute atomic E-state index is 0.318. The van der Waals surface area contributed by atoms with Gasteiger partial charge in [-0.25, -0.2) is 4.98 Å². The predicted molar refractivity (Wildman–Crippen MR) is 49.5 cm³/mol. The van der Waals surface area contributed by atoms with Crippen LogP contribution in [0.15, 0.2) is 18.3 Å². The highest BCUT2D eigenvalue weighted by molar-refractivity contribution is 6.22. The van der Waals surface area contributed by atoms with Crippen LogP contribution >= 0.6 is 11.6 Å². The molecule has 0 unspecified atom stereocenters. The first-order valence-corrected chi connectivity index (χ1v) is 4.13. The normalized spacial score (nSPS) is 10.6. The minimum Gasteiger partial charge on any atom is -0.472 e. The fourth-order valence-electron chi connectivity index (χ4n) is 0.816. The molecule has 0 atom stereocenters. The SMILES string of the molecule is CC(C)(Cl)Oc1ccnc(C#N)c1. The van der Waals surface area contributed by atoms with Gasteiger partial charge in [0.05, 0.1) is 0 Å². The van der Waals surface area contributed by atoms with Crippen LogP contribution in [0.5, 0.6) is 5.75 Å². The van der Waals surface area contributed by atoms with Crippen LogP contribution < -0.4 is 4.74 Å². The van der Waals surface area contributed by atoms with E-state index < -0.39 is 5.06 Å². The quantitative estimate of drug-likeness (QED) is 0.682. The van der Waals surface area contributed by atoms with Gasteiger partial charge in [0.15, 0.2) is 5.06 Å². The Morgan fingerprint density at radius 3 is 2.85 bits per heavy atom. The van der Waals surface area contributed by atoms with Crippen molar-refractivity contribution in [3.63, 3.8) is 0 Å². The number of ether oxygens (including phenoxy) is 1. The molecule has 0 aliphatic rings. The van der Waals surface area contributed by atoms with Gasteiger partial charge in [-0.2, -0.15) is 5.26 Å². The zero-order chi connectivity index (χ0) is 9.90. The number of aromatic nitrogens is 1. The molecule has 13 heavy (non-hydrogen) atoms. The maximum Gasteiger partial charge on any atom is 0.176 e. The first kappa shape index (κ1) is 9.82. The highest BCUT2D eigenvalue weighted by atomic mass is 35.5. The molecule has 4 heteroatoms. The fourth-order valence-corrected chi connectivity index (χ4v) is 0.905. The Morgan fingerprint density at radius 2 is 2.31 bits per heavy atom. The molecule has 0 bridgehead atoms. The third kappa shape index (κ3) is 3.30. The van der Waals surface area contributed by atoms with Crippen molar-refractivity contribution in [3.8, 4) is 11.8 Å². The maximum atomic E-state index is 8.56. The molecule has 1 aromatic rings. The number of hydrogen-bond donors (Lipinski definition) is 0. The van der Waals surface area contributed by atoms with Gasteiger partial charge in [-0.05, 0) is 19.9 Å². The average Bonchev–Trinajstić information content (AvgIpc) is 2.01. The largest absolute Gasteiger partial charge is 0.472 e. The van der Waals surface area contributed by atoms with E-state index in [0.29, 0.717) is 11.4 Å². The lowest BCUT2D eigenvalue weighted by Gasteiger charge is -2.18. The van der Waals surface area contributed by atoms with Crippen molar-refractivity contribution < 1.29 is 4.74 Å². The Balaban J connectivity index is 2.86. The Hall–Kier alpha value is -1.27. The van der Waals surface area contributed by atoms with E-state index in [0.717, 1.165) is 0 Å². The van der Waals surface area contributed by atoms with Crippen molar-refractivity contribution in [1.82, 2.24) is 4.98 Å². The monoisotopic (exact) mass is 196 g/mol. The number of rotatable bonds is 2. The second-order valence-corrected chi connectivity index (χ2v) is 3.86. The van der Waals surface area contributed by atoms with Crippen LogP contribution in [-0.2, 0) is 0 Å². The van der Waals surface area contributed by atoms with Crippen LogP contribution in [0, 0.1) is 11.3 Å². The molecule has 0 fully saturated rings. The number of hydrogen-bond acceptors (Lipinski definition) is 3. The Bertz CT molecular complexity index is 338. The number of halogens is 1. The van der Waals surface area contributed by atoms with E-state index >= 15 is 0 Å². The van der Waals surface area contributed by atoms with Crippen LogP contribution in [0.2, 0.25) is 0 Å². The van der Waals surface area contributed by atoms with Crippen LogP contribution in [0.3, 0.4) is 0 Å². The van der Waals surface area contributed by atoms with Crippen LogP contribution in [0.25, 0.3) is 0 Å². The topological polar surface area (TPSA) is 45.9 Å². The third-order valence-corrected chi connectivity index (χ3v) is 1.28. The van der Waals surface area contributed by atoms with Crippen molar-refractivity contribution in [2.24, 2.45) is 0 Å². The lowest BCUT2D eigenvalue weighted by molar-refractivity contribution is 0.198. The molecule has 0 radical (unpaired) electrons. The first-order valence-electron chi connectivity index (χ1n) is 3.75. The summed E-state index contributed by atoms with van der Waals surface area (Å²) in [5, 5.41) is 7.79. The summed E-state index contributed by atoms with van der Waals surface area (Å²) in [5.74, 6) is 0.548. The van der Waals surface area contributed by atoms with Gasteiger partial charge in [0.25, 0.3) is 0 Å². The van der Waals surface area contributed by atoms with Gasteiger partial charge < -0.3 is 4.74 Å². The number of nitriles is 1. The number of nitrogens with zero attached hydrogens (tertiary/aromatic N) is 2. The molecule has 0 aliphatic carbocycles. The zero-order valence-electron chi connectivity index (χ0n) is 7.41. The van der Waals surface area contributed by atoms with Crippen molar-refractivity contribution in [3.05, 3.63) is 24.0 Å². The summed E-state index contributed by atoms with van der Waals surface area (Å²) in [6, 6.07) is 5.12. The van der Waals surface area contributed by atoms with Gasteiger partial charge in [-0.1, -0.05) is 11.6 Å². The van der Waals surface area contributed by atoms with Crippen LogP contribution in [0.1, 0.15) is 19.5 Å². The first-order chi connectivity index (χ1) is 6.01. The lowest BCUT2D eigenvalue weighted by atomic mass is 10.3. The Labute approximate surface area is 81.9 Å². The summed E-state index contributed by atoms with van der Waals surface area (Å²) >= 11 is 5.84. The summed E-state index contributed by atoms with van der Waals surface area (Å²) < 4.78 is 5.32. The van der Waals surface area contributed by atoms with E-state index in [4.69, 9.17) is 21.6 Å². The van der Waals surface area contributed by atoms with E-state index in [2.05, 4.69) is 4.98 Å². The highest BCUT2D eigenvalue weighted by Gasteiger charge is 2.14. The molecule has 0 aliphatic heterocycles. The minimum atomic E-state index is -0.770. The van der Waals surface area contributed by atoms with Gasteiger partial charge >= 0.3 is 0 Å². The van der Waals surface area contributed by atoms with Crippen molar-refractivity contribution >= 4 is 11.6 Å². The van der Waals surface area contributed by atoms with Crippen LogP contribution in [-0.4, -0.2) is 10.0 Å². The van der Waals surface area contributed by atoms with Crippen molar-refractivity contribution in [2.75, 3.05) is 0 Å². The molecule has 0 N–H and O–H groups in total. The summed E-state index contributed by atoms with van der Waals surface area (Å²) in [4.78, 5) is 3.80. The number of pyridine rings is 1. The molecule has 0 spiro atoms. The Kier molecular flexibility index (Phi) is 2.74. The smallest absolute Gasteiger partial charge is 0.176 e. The lowest BCUT2D eigenvalue weighted by Crippen LogP contribution is -2.19. The van der Waals surface area contributed by atoms with E-state index in [1.54, 1.807) is 26.0 Å². The maximum absolute atomic E-state index is 8.56. The summed E-state index contributed by atoms with van der Waals surface area (Å²) in [6.45, 7) is 3.45. The van der Waals surface area contributed by atoms with Crippen molar-refractivity contribution in [2.45, 2.75) is 18.9 Å². The van der Waals surface area contributed by atoms with E-state index in [9.17, 15) is 0 Å². The molecule has 0 saturated heterocycles. The molecular formula is C9H9ClN2O. The van der Waals surface area contributed by atoms with Gasteiger partial charge in [0.2, 0.25) is 0 Å². The van der Waals surface area contributed by atoms with E-state index in [1.807, 2.05) is 6.07 Å². The molecule has 3 nitrogen and oxygen atoms in total. The van der Waals surface area contributed by atoms with E-state index in [-0.39, 0.29) is 0 Å². The summed E-state index contributed by atoms with van der Waals surface area (Å²) in [6.07, 6.45) is 1.51. The van der Waals surface area contributed by atoms with Gasteiger partial charge in [-0.3, -0.25) is 0 Å². The zero-order valence-corrected chi connectivity index (χ0v) is 8.17. The third-order valence-electron chi connectivity index (χ3n) is 1.21.